The maximum Gasteiger partial charge on any atom is 0.223 e. The summed E-state index contributed by atoms with van der Waals surface area (Å²) in [6, 6.07) is 21.2. The van der Waals surface area contributed by atoms with Crippen LogP contribution in [0.3, 0.4) is 0 Å². The van der Waals surface area contributed by atoms with E-state index in [4.69, 9.17) is 17.2 Å². The molecule has 0 aliphatic rings. The highest BCUT2D eigenvalue weighted by molar-refractivity contribution is 6.01. The summed E-state index contributed by atoms with van der Waals surface area (Å²) in [6.07, 6.45) is 4.17. The molecule has 0 radical (unpaired) electrons. The Morgan fingerprint density at radius 3 is 2.10 bits per heavy atom. The van der Waals surface area contributed by atoms with Crippen molar-refractivity contribution in [3.63, 3.8) is 0 Å². The lowest BCUT2D eigenvalue weighted by Gasteiger charge is -2.08. The van der Waals surface area contributed by atoms with Crippen LogP contribution in [0.2, 0.25) is 0 Å². The molecule has 152 valence electrons. The van der Waals surface area contributed by atoms with E-state index in [0.717, 1.165) is 39.3 Å². The number of para-hydroxylation sites is 1. The average Bonchev–Trinajstić information content (AvgIpc) is 2.69. The Morgan fingerprint density at radius 1 is 0.833 bits per heavy atom. The number of aliphatic imine (C=N–C) groups is 2. The van der Waals surface area contributed by atoms with Gasteiger partial charge < -0.3 is 22.5 Å². The summed E-state index contributed by atoms with van der Waals surface area (Å²) in [4.78, 5) is 8.31. The maximum absolute atomic E-state index is 5.97. The van der Waals surface area contributed by atoms with Crippen molar-refractivity contribution in [1.82, 2.24) is 0 Å². The first-order valence-electron chi connectivity index (χ1n) is 9.56. The van der Waals surface area contributed by atoms with Crippen molar-refractivity contribution >= 4 is 41.1 Å². The number of nitrogens with one attached hydrogen (secondary N) is 1. The van der Waals surface area contributed by atoms with Gasteiger partial charge in [0.1, 0.15) is 0 Å². The van der Waals surface area contributed by atoms with E-state index in [2.05, 4.69) is 27.5 Å². The number of aryl methyl sites for hydroxylation is 2. The van der Waals surface area contributed by atoms with Gasteiger partial charge in [-0.05, 0) is 72.5 Å². The Labute approximate surface area is 176 Å². The Morgan fingerprint density at radius 2 is 1.47 bits per heavy atom. The molecule has 0 atom stereocenters. The van der Waals surface area contributed by atoms with Crippen molar-refractivity contribution < 1.29 is 0 Å². The summed E-state index contributed by atoms with van der Waals surface area (Å²) in [5, 5.41) is 3.04. The van der Waals surface area contributed by atoms with Crippen molar-refractivity contribution in [3.05, 3.63) is 89.0 Å². The fourth-order valence-electron chi connectivity index (χ4n) is 2.96. The number of nitrogens with zero attached hydrogens (tertiary/aromatic N) is 2. The van der Waals surface area contributed by atoms with E-state index in [-0.39, 0.29) is 11.9 Å². The second-order valence-electron chi connectivity index (χ2n) is 6.95. The Balaban J connectivity index is 1.70. The van der Waals surface area contributed by atoms with Crippen LogP contribution in [0.4, 0.5) is 17.1 Å². The van der Waals surface area contributed by atoms with Crippen LogP contribution in [0.5, 0.6) is 0 Å². The number of anilines is 2. The zero-order valence-electron chi connectivity index (χ0n) is 17.1. The minimum absolute atomic E-state index is 0.0846. The van der Waals surface area contributed by atoms with E-state index >= 15 is 0 Å². The Bertz CT molecular complexity index is 1110. The van der Waals surface area contributed by atoms with Crippen LogP contribution in [-0.2, 0) is 0 Å². The molecule has 3 aromatic carbocycles. The number of hydrogen-bond acceptors (Lipinski definition) is 2. The van der Waals surface area contributed by atoms with Crippen molar-refractivity contribution in [2.45, 2.75) is 13.8 Å². The first-order valence-corrected chi connectivity index (χ1v) is 9.56. The molecule has 0 unspecified atom stereocenters. The van der Waals surface area contributed by atoms with Crippen molar-refractivity contribution in [3.8, 4) is 0 Å². The minimum atomic E-state index is 0.0846. The van der Waals surface area contributed by atoms with Gasteiger partial charge in [-0.2, -0.15) is 4.99 Å². The maximum atomic E-state index is 5.97. The molecule has 3 rings (SSSR count). The van der Waals surface area contributed by atoms with Crippen LogP contribution in [0, 0.1) is 13.8 Å². The summed E-state index contributed by atoms with van der Waals surface area (Å²) in [7, 11) is 0. The van der Waals surface area contributed by atoms with Gasteiger partial charge >= 0.3 is 0 Å². The molecule has 0 aliphatic heterocycles. The zero-order chi connectivity index (χ0) is 21.5. The molecule has 0 saturated heterocycles. The van der Waals surface area contributed by atoms with Gasteiger partial charge in [0.05, 0.1) is 5.69 Å². The Hall–Kier alpha value is -4.06. The van der Waals surface area contributed by atoms with Crippen LogP contribution < -0.4 is 22.5 Å². The lowest BCUT2D eigenvalue weighted by atomic mass is 10.0. The number of benzene rings is 3. The lowest BCUT2D eigenvalue weighted by molar-refractivity contribution is 1.38. The highest BCUT2D eigenvalue weighted by atomic mass is 15.2. The smallest absolute Gasteiger partial charge is 0.223 e. The topological polar surface area (TPSA) is 115 Å². The van der Waals surface area contributed by atoms with Gasteiger partial charge in [0.25, 0.3) is 0 Å². The molecule has 6 heteroatoms. The van der Waals surface area contributed by atoms with Gasteiger partial charge in [0, 0.05) is 11.4 Å². The van der Waals surface area contributed by atoms with Crippen molar-refractivity contribution in [2.75, 3.05) is 11.1 Å². The third-order valence-electron chi connectivity index (χ3n) is 4.51. The van der Waals surface area contributed by atoms with Crippen molar-refractivity contribution in [2.24, 2.45) is 21.5 Å². The molecule has 0 saturated carbocycles. The zero-order valence-corrected chi connectivity index (χ0v) is 17.1. The molecule has 0 heterocycles. The fourth-order valence-corrected chi connectivity index (χ4v) is 2.96. The van der Waals surface area contributed by atoms with Crippen LogP contribution in [0.1, 0.15) is 22.3 Å². The van der Waals surface area contributed by atoms with E-state index < -0.39 is 0 Å². The van der Waals surface area contributed by atoms with Crippen LogP contribution in [0.15, 0.2) is 76.7 Å². The average molecular weight is 399 g/mol. The number of rotatable bonds is 4. The summed E-state index contributed by atoms with van der Waals surface area (Å²) in [5.41, 5.74) is 24.4. The molecule has 0 fully saturated rings. The quantitative estimate of drug-likeness (QED) is 0.225. The predicted molar refractivity (Wildman–Crippen MR) is 129 cm³/mol. The second-order valence-corrected chi connectivity index (χ2v) is 6.95. The highest BCUT2D eigenvalue weighted by Gasteiger charge is 2.01. The lowest BCUT2D eigenvalue weighted by Crippen LogP contribution is -2.26. The molecule has 3 aromatic rings. The van der Waals surface area contributed by atoms with Gasteiger partial charge in [-0.1, -0.05) is 42.5 Å². The summed E-state index contributed by atoms with van der Waals surface area (Å²) < 4.78 is 0. The SMILES string of the molecule is Cc1cc(N)ccc1/C=C/c1ccc(NC(N)=NC(N)=Nc2ccccc2)cc1C. The molecule has 0 spiro atoms. The van der Waals surface area contributed by atoms with Gasteiger partial charge in [0.15, 0.2) is 0 Å². The van der Waals surface area contributed by atoms with Gasteiger partial charge in [-0.3, -0.25) is 0 Å². The number of nitrogens with two attached hydrogens (primary N) is 3. The van der Waals surface area contributed by atoms with E-state index in [1.807, 2.05) is 80.6 Å². The number of guanidine groups is 2. The molecule has 0 aliphatic carbocycles. The second kappa shape index (κ2) is 9.43. The van der Waals surface area contributed by atoms with Gasteiger partial charge in [-0.15, -0.1) is 0 Å². The summed E-state index contributed by atoms with van der Waals surface area (Å²) in [6.45, 7) is 4.09. The molecule has 6 nitrogen and oxygen atoms in total. The molecule has 0 aromatic heterocycles. The first-order chi connectivity index (χ1) is 14.4. The van der Waals surface area contributed by atoms with E-state index in [1.165, 1.54) is 0 Å². The molecule has 0 bridgehead atoms. The third kappa shape index (κ3) is 5.72. The minimum Gasteiger partial charge on any atom is -0.399 e. The summed E-state index contributed by atoms with van der Waals surface area (Å²) >= 11 is 0. The van der Waals surface area contributed by atoms with Gasteiger partial charge in [-0.25, -0.2) is 4.99 Å². The van der Waals surface area contributed by atoms with E-state index in [9.17, 15) is 0 Å². The standard InChI is InChI=1S/C24H26N6/c1-16-14-20(25)12-10-18(16)8-9-19-11-13-22(15-17(19)2)29-24(27)30-23(26)28-21-6-4-3-5-7-21/h3-15H,25H2,1-2H3,(H5,26,27,28,29,30)/b9-8+. The van der Waals surface area contributed by atoms with E-state index in [1.54, 1.807) is 0 Å². The van der Waals surface area contributed by atoms with Crippen molar-refractivity contribution in [1.29, 1.82) is 0 Å². The molecular formula is C24H26N6. The van der Waals surface area contributed by atoms with Gasteiger partial charge in [0.2, 0.25) is 11.9 Å². The normalized spacial score (nSPS) is 12.3. The predicted octanol–water partition coefficient (Wildman–Crippen LogP) is 4.43. The Kier molecular flexibility index (Phi) is 6.49. The van der Waals surface area contributed by atoms with E-state index in [0.29, 0.717) is 0 Å². The molecule has 0 amide bonds. The van der Waals surface area contributed by atoms with Crippen LogP contribution in [0.25, 0.3) is 12.2 Å². The highest BCUT2D eigenvalue weighted by Crippen LogP contribution is 2.20. The van der Waals surface area contributed by atoms with Crippen LogP contribution in [-0.4, -0.2) is 11.9 Å². The van der Waals surface area contributed by atoms with Crippen LogP contribution >= 0.6 is 0 Å². The monoisotopic (exact) mass is 398 g/mol. The molecule has 7 N–H and O–H groups in total. The number of nitrogen functional groups attached to an aromatic ring is 1. The molecular weight excluding hydrogens is 372 g/mol. The molecule has 30 heavy (non-hydrogen) atoms. The first kappa shape index (κ1) is 20.7. The summed E-state index contributed by atoms with van der Waals surface area (Å²) in [5.74, 6) is 0.258. The fraction of sp³-hybridized carbons (Fsp3) is 0.0833. The number of hydrogen-bond donors (Lipinski definition) is 4. The third-order valence-corrected chi connectivity index (χ3v) is 4.51. The largest absolute Gasteiger partial charge is 0.399 e.